The van der Waals surface area contributed by atoms with E-state index in [0.717, 1.165) is 38.5 Å². The third-order valence-corrected chi connectivity index (χ3v) is 3.11. The minimum Gasteiger partial charge on any atom is -0.465 e. The fraction of sp³-hybridized carbons (Fsp3) is 0.857. The van der Waals surface area contributed by atoms with Gasteiger partial charge in [-0.25, -0.2) is 0 Å². The van der Waals surface area contributed by atoms with Crippen LogP contribution >= 0.6 is 0 Å². The van der Waals surface area contributed by atoms with Gasteiger partial charge in [-0.1, -0.05) is 25.7 Å². The van der Waals surface area contributed by atoms with Crippen molar-refractivity contribution in [2.75, 3.05) is 19.8 Å². The number of guanidine groups is 1. The number of carbonyl (C=O) groups is 1. The van der Waals surface area contributed by atoms with Crippen LogP contribution in [0, 0.1) is 5.41 Å². The van der Waals surface area contributed by atoms with Gasteiger partial charge in [-0.05, 0) is 25.7 Å². The molecule has 0 amide bonds. The highest BCUT2D eigenvalue weighted by Gasteiger charge is 2.14. The number of unbranched alkanes of at least 4 members (excludes halogenated alkanes) is 5. The van der Waals surface area contributed by atoms with Crippen LogP contribution in [0.3, 0.4) is 0 Å². The summed E-state index contributed by atoms with van der Waals surface area (Å²) in [7, 11) is 0. The van der Waals surface area contributed by atoms with Crippen LogP contribution in [0.5, 0.6) is 0 Å². The smallest absolute Gasteiger partial charge is 0.322 e. The van der Waals surface area contributed by atoms with Crippen molar-refractivity contribution in [1.29, 1.82) is 5.41 Å². The second-order valence-electron chi connectivity index (χ2n) is 5.10. The highest BCUT2D eigenvalue weighted by Crippen LogP contribution is 2.05. The number of rotatable bonds is 13. The number of hydrogen-bond acceptors (Lipinski definition) is 5. The van der Waals surface area contributed by atoms with Crippen molar-refractivity contribution < 1.29 is 14.6 Å². The maximum Gasteiger partial charge on any atom is 0.322 e. The molecule has 0 bridgehead atoms. The highest BCUT2D eigenvalue weighted by atomic mass is 16.5. The zero-order chi connectivity index (χ0) is 15.9. The van der Waals surface area contributed by atoms with Crippen molar-refractivity contribution in [3.63, 3.8) is 0 Å². The van der Waals surface area contributed by atoms with Gasteiger partial charge < -0.3 is 26.6 Å². The molecule has 7 nitrogen and oxygen atoms in total. The SMILES string of the molecule is N=C(N)NCCC[C@H](N)C(=O)OCCCCCCCCO. The highest BCUT2D eigenvalue weighted by molar-refractivity contribution is 5.75. The van der Waals surface area contributed by atoms with E-state index in [1.54, 1.807) is 0 Å². The first-order chi connectivity index (χ1) is 10.1. The molecular formula is C14H30N4O3. The Hall–Kier alpha value is -1.34. The molecule has 0 saturated carbocycles. The number of esters is 1. The molecular weight excluding hydrogens is 272 g/mol. The Balaban J connectivity index is 3.41. The van der Waals surface area contributed by atoms with E-state index in [4.69, 9.17) is 26.7 Å². The number of carbonyl (C=O) groups excluding carboxylic acids is 1. The summed E-state index contributed by atoms with van der Waals surface area (Å²) in [5.74, 6) is -0.441. The molecule has 1 atom stereocenters. The number of hydrogen-bond donors (Lipinski definition) is 5. The van der Waals surface area contributed by atoms with E-state index in [-0.39, 0.29) is 18.5 Å². The van der Waals surface area contributed by atoms with Gasteiger partial charge in [-0.2, -0.15) is 0 Å². The monoisotopic (exact) mass is 302 g/mol. The molecule has 21 heavy (non-hydrogen) atoms. The fourth-order valence-electron chi connectivity index (χ4n) is 1.86. The first kappa shape index (κ1) is 19.7. The Kier molecular flexibility index (Phi) is 12.8. The maximum absolute atomic E-state index is 11.6. The van der Waals surface area contributed by atoms with Crippen molar-refractivity contribution in [3.05, 3.63) is 0 Å². The van der Waals surface area contributed by atoms with Gasteiger partial charge in [0, 0.05) is 13.2 Å². The summed E-state index contributed by atoms with van der Waals surface area (Å²) in [5, 5.41) is 18.3. The van der Waals surface area contributed by atoms with Gasteiger partial charge >= 0.3 is 5.97 Å². The molecule has 0 fully saturated rings. The van der Waals surface area contributed by atoms with Crippen LogP contribution in [-0.4, -0.2) is 42.8 Å². The van der Waals surface area contributed by atoms with Crippen molar-refractivity contribution in [1.82, 2.24) is 5.32 Å². The van der Waals surface area contributed by atoms with Crippen molar-refractivity contribution >= 4 is 11.9 Å². The second kappa shape index (κ2) is 13.6. The zero-order valence-electron chi connectivity index (χ0n) is 12.8. The van der Waals surface area contributed by atoms with Crippen LogP contribution in [0.25, 0.3) is 0 Å². The Bertz CT molecular complexity index is 287. The summed E-state index contributed by atoms with van der Waals surface area (Å²) in [6, 6.07) is -0.608. The molecule has 7 N–H and O–H groups in total. The zero-order valence-corrected chi connectivity index (χ0v) is 12.8. The van der Waals surface area contributed by atoms with Crippen LogP contribution in [0.4, 0.5) is 0 Å². The number of aliphatic hydroxyl groups is 1. The number of nitrogens with one attached hydrogen (secondary N) is 2. The summed E-state index contributed by atoms with van der Waals surface area (Å²) >= 11 is 0. The molecule has 0 radical (unpaired) electrons. The first-order valence-electron chi connectivity index (χ1n) is 7.69. The van der Waals surface area contributed by atoms with E-state index >= 15 is 0 Å². The topological polar surface area (TPSA) is 134 Å². The molecule has 7 heteroatoms. The average molecular weight is 302 g/mol. The molecule has 0 spiro atoms. The minimum atomic E-state index is -0.608. The van der Waals surface area contributed by atoms with Gasteiger partial charge in [0.25, 0.3) is 0 Å². The number of nitrogens with two attached hydrogens (primary N) is 2. The van der Waals surface area contributed by atoms with Gasteiger partial charge in [0.05, 0.1) is 6.61 Å². The van der Waals surface area contributed by atoms with Crippen LogP contribution in [-0.2, 0) is 9.53 Å². The molecule has 0 rings (SSSR count). The second-order valence-corrected chi connectivity index (χ2v) is 5.10. The number of ether oxygens (including phenoxy) is 1. The lowest BCUT2D eigenvalue weighted by Gasteiger charge is -2.11. The third kappa shape index (κ3) is 13.4. The summed E-state index contributed by atoms with van der Waals surface area (Å²) in [6.45, 7) is 1.21. The van der Waals surface area contributed by atoms with E-state index in [1.165, 1.54) is 0 Å². The summed E-state index contributed by atoms with van der Waals surface area (Å²) < 4.78 is 5.12. The Morgan fingerprint density at radius 1 is 1.14 bits per heavy atom. The van der Waals surface area contributed by atoms with E-state index in [2.05, 4.69) is 5.32 Å². The predicted molar refractivity (Wildman–Crippen MR) is 82.9 cm³/mol. The molecule has 0 aliphatic carbocycles. The molecule has 124 valence electrons. The molecule has 0 heterocycles. The van der Waals surface area contributed by atoms with Crippen LogP contribution in [0.1, 0.15) is 51.4 Å². The van der Waals surface area contributed by atoms with E-state index in [0.29, 0.717) is 26.0 Å². The first-order valence-corrected chi connectivity index (χ1v) is 7.69. The summed E-state index contributed by atoms with van der Waals surface area (Å²) in [6.07, 6.45) is 7.18. The van der Waals surface area contributed by atoms with Crippen molar-refractivity contribution in [2.45, 2.75) is 57.4 Å². The molecule has 0 aliphatic rings. The molecule has 0 aromatic carbocycles. The van der Waals surface area contributed by atoms with Crippen LogP contribution in [0.2, 0.25) is 0 Å². The average Bonchev–Trinajstić information content (AvgIpc) is 2.45. The van der Waals surface area contributed by atoms with Crippen molar-refractivity contribution in [3.8, 4) is 0 Å². The maximum atomic E-state index is 11.6. The predicted octanol–water partition coefficient (Wildman–Crippen LogP) is 0.453. The normalized spacial score (nSPS) is 11.9. The quantitative estimate of drug-likeness (QED) is 0.145. The minimum absolute atomic E-state index is 0.0786. The van der Waals surface area contributed by atoms with Crippen LogP contribution in [0.15, 0.2) is 0 Å². The van der Waals surface area contributed by atoms with Crippen molar-refractivity contribution in [2.24, 2.45) is 11.5 Å². The molecule has 0 aromatic heterocycles. The molecule has 0 unspecified atom stereocenters. The Morgan fingerprint density at radius 3 is 2.38 bits per heavy atom. The standard InChI is InChI=1S/C14H30N4O3/c15-12(8-7-9-18-14(16)17)13(20)21-11-6-4-2-1-3-5-10-19/h12,19H,1-11,15H2,(H4,16,17,18)/t12-/m0/s1. The van der Waals surface area contributed by atoms with Gasteiger partial charge in [0.15, 0.2) is 5.96 Å². The summed E-state index contributed by atoms with van der Waals surface area (Å²) in [5.41, 5.74) is 10.9. The van der Waals surface area contributed by atoms with Gasteiger partial charge in [0.1, 0.15) is 6.04 Å². The molecule has 0 aliphatic heterocycles. The van der Waals surface area contributed by atoms with E-state index in [9.17, 15) is 4.79 Å². The molecule has 0 saturated heterocycles. The largest absolute Gasteiger partial charge is 0.465 e. The van der Waals surface area contributed by atoms with E-state index in [1.807, 2.05) is 0 Å². The lowest BCUT2D eigenvalue weighted by molar-refractivity contribution is -0.145. The van der Waals surface area contributed by atoms with Gasteiger partial charge in [0.2, 0.25) is 0 Å². The lowest BCUT2D eigenvalue weighted by atomic mass is 10.1. The van der Waals surface area contributed by atoms with Crippen LogP contribution < -0.4 is 16.8 Å². The van der Waals surface area contributed by atoms with Gasteiger partial charge in [-0.15, -0.1) is 0 Å². The fourth-order valence-corrected chi connectivity index (χ4v) is 1.86. The lowest BCUT2D eigenvalue weighted by Crippen LogP contribution is -2.35. The molecule has 0 aromatic rings. The Morgan fingerprint density at radius 2 is 1.76 bits per heavy atom. The number of aliphatic hydroxyl groups excluding tert-OH is 1. The third-order valence-electron chi connectivity index (χ3n) is 3.11. The van der Waals surface area contributed by atoms with Gasteiger partial charge in [-0.3, -0.25) is 10.2 Å². The Labute approximate surface area is 126 Å². The van der Waals surface area contributed by atoms with E-state index < -0.39 is 6.04 Å². The summed E-state index contributed by atoms with van der Waals surface area (Å²) in [4.78, 5) is 11.6.